The largest absolute Gasteiger partial charge is 0.464 e. The number of amides is 1. The second-order valence-corrected chi connectivity index (χ2v) is 8.25. The van der Waals surface area contributed by atoms with Gasteiger partial charge in [-0.1, -0.05) is 18.2 Å². The Morgan fingerprint density at radius 3 is 2.50 bits per heavy atom. The number of rotatable bonds is 7. The lowest BCUT2D eigenvalue weighted by Gasteiger charge is -2.19. The van der Waals surface area contributed by atoms with Gasteiger partial charge in [-0.05, 0) is 57.4 Å². The number of benzene rings is 2. The zero-order valence-corrected chi connectivity index (χ0v) is 19.9. The summed E-state index contributed by atoms with van der Waals surface area (Å²) in [5.41, 5.74) is 0.918. The van der Waals surface area contributed by atoms with E-state index >= 15 is 0 Å². The molecule has 1 unspecified atom stereocenters. The van der Waals surface area contributed by atoms with Crippen molar-refractivity contribution in [1.82, 2.24) is 15.1 Å². The fourth-order valence-corrected chi connectivity index (χ4v) is 4.25. The number of nitrogens with one attached hydrogen (secondary N) is 1. The van der Waals surface area contributed by atoms with E-state index in [1.807, 2.05) is 6.26 Å². The molecular weight excluding hydrogens is 467 g/mol. The molecule has 0 aliphatic rings. The van der Waals surface area contributed by atoms with Crippen molar-refractivity contribution in [3.8, 4) is 5.69 Å². The molecule has 2 aromatic carbocycles. The first-order chi connectivity index (χ1) is 16.1. The van der Waals surface area contributed by atoms with Gasteiger partial charge in [0.1, 0.15) is 0 Å². The smallest absolute Gasteiger partial charge is 0.416 e. The number of aromatic nitrogens is 2. The van der Waals surface area contributed by atoms with E-state index in [4.69, 9.17) is 4.74 Å². The predicted octanol–water partition coefficient (Wildman–Crippen LogP) is 5.26. The number of hydrogen-bond donors (Lipinski definition) is 1. The summed E-state index contributed by atoms with van der Waals surface area (Å²) in [6.45, 7) is 4.99. The van der Waals surface area contributed by atoms with Crippen LogP contribution in [0.5, 0.6) is 0 Å². The monoisotopic (exact) mass is 491 g/mol. The molecule has 0 aliphatic carbocycles. The van der Waals surface area contributed by atoms with Crippen LogP contribution < -0.4 is 5.32 Å². The Morgan fingerprint density at radius 2 is 1.85 bits per heavy atom. The number of halogens is 3. The highest BCUT2D eigenvalue weighted by molar-refractivity contribution is 7.98. The molecule has 3 aromatic rings. The van der Waals surface area contributed by atoms with E-state index < -0.39 is 29.7 Å². The zero-order valence-electron chi connectivity index (χ0n) is 19.1. The van der Waals surface area contributed by atoms with Crippen LogP contribution in [0.25, 0.3) is 5.69 Å². The molecule has 10 heteroatoms. The van der Waals surface area contributed by atoms with E-state index in [1.165, 1.54) is 28.6 Å². The molecule has 0 bridgehead atoms. The lowest BCUT2D eigenvalue weighted by atomic mass is 10.0. The van der Waals surface area contributed by atoms with Crippen LogP contribution in [-0.2, 0) is 15.7 Å². The summed E-state index contributed by atoms with van der Waals surface area (Å²) >= 11 is 1.39. The van der Waals surface area contributed by atoms with Crippen molar-refractivity contribution in [2.45, 2.75) is 37.9 Å². The van der Waals surface area contributed by atoms with E-state index in [0.29, 0.717) is 22.5 Å². The molecule has 34 heavy (non-hydrogen) atoms. The van der Waals surface area contributed by atoms with Gasteiger partial charge in [0, 0.05) is 16.2 Å². The molecule has 0 spiro atoms. The van der Waals surface area contributed by atoms with Gasteiger partial charge >= 0.3 is 12.1 Å². The number of alkyl halides is 3. The Kier molecular flexibility index (Phi) is 7.71. The minimum atomic E-state index is -4.51. The lowest BCUT2D eigenvalue weighted by molar-refractivity contribution is -0.145. The number of thioether (sulfide) groups is 1. The Labute approximate surface area is 199 Å². The van der Waals surface area contributed by atoms with Crippen molar-refractivity contribution in [3.05, 3.63) is 76.6 Å². The van der Waals surface area contributed by atoms with Gasteiger partial charge in [-0.3, -0.25) is 4.79 Å². The normalized spacial score (nSPS) is 12.3. The molecule has 0 saturated heterocycles. The average Bonchev–Trinajstić information content (AvgIpc) is 3.10. The fourth-order valence-electron chi connectivity index (χ4n) is 3.65. The van der Waals surface area contributed by atoms with E-state index in [9.17, 15) is 22.8 Å². The maximum Gasteiger partial charge on any atom is 0.416 e. The van der Waals surface area contributed by atoms with Crippen LogP contribution in [0, 0.1) is 13.8 Å². The number of nitrogens with zero attached hydrogens (tertiary/aromatic N) is 2. The third-order valence-corrected chi connectivity index (χ3v) is 6.00. The number of esters is 1. The van der Waals surface area contributed by atoms with Crippen molar-refractivity contribution in [3.63, 3.8) is 0 Å². The molecule has 3 rings (SSSR count). The first kappa shape index (κ1) is 25.4. The van der Waals surface area contributed by atoms with E-state index in [2.05, 4.69) is 10.4 Å². The van der Waals surface area contributed by atoms with Crippen LogP contribution in [0.1, 0.15) is 45.8 Å². The molecule has 1 atom stereocenters. The summed E-state index contributed by atoms with van der Waals surface area (Å²) in [5.74, 6) is -1.17. The second-order valence-electron chi connectivity index (χ2n) is 7.40. The Balaban J connectivity index is 2.05. The summed E-state index contributed by atoms with van der Waals surface area (Å²) < 4.78 is 46.2. The summed E-state index contributed by atoms with van der Waals surface area (Å²) in [4.78, 5) is 26.7. The third kappa shape index (κ3) is 5.27. The van der Waals surface area contributed by atoms with Crippen LogP contribution in [0.2, 0.25) is 0 Å². The quantitative estimate of drug-likeness (QED) is 0.360. The molecule has 0 radical (unpaired) electrons. The summed E-state index contributed by atoms with van der Waals surface area (Å²) in [6, 6.07) is 10.5. The lowest BCUT2D eigenvalue weighted by Crippen LogP contribution is -2.36. The average molecular weight is 492 g/mol. The highest BCUT2D eigenvalue weighted by Gasteiger charge is 2.33. The highest BCUT2D eigenvalue weighted by Crippen LogP contribution is 2.32. The van der Waals surface area contributed by atoms with Gasteiger partial charge in [-0.2, -0.15) is 18.3 Å². The van der Waals surface area contributed by atoms with Crippen molar-refractivity contribution in [2.75, 3.05) is 12.9 Å². The van der Waals surface area contributed by atoms with Gasteiger partial charge in [0.2, 0.25) is 0 Å². The Hall–Kier alpha value is -3.27. The molecule has 0 aliphatic heterocycles. The van der Waals surface area contributed by atoms with E-state index in [-0.39, 0.29) is 12.3 Å². The van der Waals surface area contributed by atoms with Crippen molar-refractivity contribution in [2.24, 2.45) is 0 Å². The predicted molar refractivity (Wildman–Crippen MR) is 123 cm³/mol. The molecule has 6 nitrogen and oxygen atoms in total. The maximum atomic E-state index is 13.2. The van der Waals surface area contributed by atoms with Crippen LogP contribution in [-0.4, -0.2) is 34.5 Å². The summed E-state index contributed by atoms with van der Waals surface area (Å²) in [6.07, 6.45) is -2.68. The van der Waals surface area contributed by atoms with Crippen LogP contribution in [0.15, 0.2) is 53.4 Å². The number of hydrogen-bond acceptors (Lipinski definition) is 5. The van der Waals surface area contributed by atoms with E-state index in [0.717, 1.165) is 17.0 Å². The van der Waals surface area contributed by atoms with Crippen molar-refractivity contribution in [1.29, 1.82) is 0 Å². The first-order valence-electron chi connectivity index (χ1n) is 10.4. The van der Waals surface area contributed by atoms with Crippen molar-refractivity contribution >= 4 is 23.6 Å². The fraction of sp³-hybridized carbons (Fsp3) is 0.292. The zero-order chi connectivity index (χ0) is 25.0. The highest BCUT2D eigenvalue weighted by atomic mass is 32.2. The summed E-state index contributed by atoms with van der Waals surface area (Å²) in [7, 11) is 0. The SMILES string of the molecule is CCOC(=O)C(NC(=O)c1ccccc1SC)c1c(C)nn(-c2cccc(C(F)(F)F)c2)c1C. The molecular formula is C24H24F3N3O3S. The summed E-state index contributed by atoms with van der Waals surface area (Å²) in [5, 5.41) is 7.10. The number of aryl methyl sites for hydroxylation is 1. The van der Waals surface area contributed by atoms with Gasteiger partial charge in [-0.25, -0.2) is 9.48 Å². The minimum absolute atomic E-state index is 0.0897. The van der Waals surface area contributed by atoms with Crippen LogP contribution in [0.3, 0.4) is 0 Å². The van der Waals surface area contributed by atoms with Gasteiger partial charge in [-0.15, -0.1) is 11.8 Å². The molecule has 1 amide bonds. The van der Waals surface area contributed by atoms with Gasteiger partial charge < -0.3 is 10.1 Å². The number of carbonyl (C=O) groups is 2. The van der Waals surface area contributed by atoms with E-state index in [1.54, 1.807) is 45.0 Å². The Morgan fingerprint density at radius 1 is 1.15 bits per heavy atom. The molecule has 1 aromatic heterocycles. The molecule has 1 N–H and O–H groups in total. The van der Waals surface area contributed by atoms with Crippen molar-refractivity contribution < 1.29 is 27.5 Å². The topological polar surface area (TPSA) is 73.2 Å². The number of ether oxygens (including phenoxy) is 1. The minimum Gasteiger partial charge on any atom is -0.464 e. The van der Waals surface area contributed by atoms with Gasteiger partial charge in [0.15, 0.2) is 6.04 Å². The van der Waals surface area contributed by atoms with Crippen LogP contribution >= 0.6 is 11.8 Å². The Bertz CT molecular complexity index is 1210. The molecule has 0 fully saturated rings. The first-order valence-corrected chi connectivity index (χ1v) is 11.6. The van der Waals surface area contributed by atoms with Crippen LogP contribution in [0.4, 0.5) is 13.2 Å². The van der Waals surface area contributed by atoms with Gasteiger partial charge in [0.05, 0.1) is 29.1 Å². The second kappa shape index (κ2) is 10.3. The molecule has 180 valence electrons. The standard InChI is InChI=1S/C24H24F3N3O3S/c1-5-33-23(32)21(28-22(31)18-11-6-7-12-19(18)34-4)20-14(2)29-30(15(20)3)17-10-8-9-16(13-17)24(25,26)27/h6-13,21H,5H2,1-4H3,(H,28,31). The third-order valence-electron chi connectivity index (χ3n) is 5.20. The molecule has 0 saturated carbocycles. The number of carbonyl (C=O) groups excluding carboxylic acids is 2. The molecule has 1 heterocycles. The maximum absolute atomic E-state index is 13.2. The van der Waals surface area contributed by atoms with Gasteiger partial charge in [0.25, 0.3) is 5.91 Å².